The lowest BCUT2D eigenvalue weighted by Gasteiger charge is -2.21. The molecule has 0 fully saturated rings. The summed E-state index contributed by atoms with van der Waals surface area (Å²) in [5, 5.41) is 10.6. The normalized spacial score (nSPS) is 14.4. The van der Waals surface area contributed by atoms with Crippen molar-refractivity contribution in [2.75, 3.05) is 39.6 Å². The van der Waals surface area contributed by atoms with Crippen LogP contribution in [0.1, 0.15) is 383 Å². The lowest BCUT2D eigenvalue weighted by atomic mass is 10.00. The summed E-state index contributed by atoms with van der Waals surface area (Å²) in [6.07, 6.45) is 49.9. The van der Waals surface area contributed by atoms with Crippen LogP contribution in [0.5, 0.6) is 0 Å². The number of ether oxygens (including phenoxy) is 4. The highest BCUT2D eigenvalue weighted by atomic mass is 31.2. The van der Waals surface area contributed by atoms with Crippen LogP contribution in [0.2, 0.25) is 0 Å². The number of hydrogen-bond acceptors (Lipinski definition) is 15. The molecular formula is C76H148O17P2. The van der Waals surface area contributed by atoms with E-state index in [0.717, 1.165) is 120 Å². The number of unbranched alkanes of at least 4 members (excludes halogenated alkanes) is 38. The van der Waals surface area contributed by atoms with E-state index in [1.165, 1.54) is 180 Å². The molecule has 0 heterocycles. The molecule has 0 aliphatic heterocycles. The summed E-state index contributed by atoms with van der Waals surface area (Å²) in [5.41, 5.74) is 0. The van der Waals surface area contributed by atoms with Gasteiger partial charge in [-0.3, -0.25) is 37.3 Å². The van der Waals surface area contributed by atoms with Crippen molar-refractivity contribution < 1.29 is 80.2 Å². The van der Waals surface area contributed by atoms with Crippen LogP contribution in [0.25, 0.3) is 0 Å². The first-order chi connectivity index (χ1) is 45.6. The standard InChI is InChI=1S/C76H148O17P2/c1-9-69(8)55-47-39-34-35-41-49-57-74(79)87-63-72(93-76(81)58-50-42-32-25-19-15-11-10-13-17-22-28-36-44-52-66(2)3)65-91-95(84,85)89-61-70(77)60-88-94(82,83)90-64-71(62-86-73(78)56-48-40-31-27-21-24-30-38-46-54-68(6)7)92-75(80)59-51-43-33-26-20-16-12-14-18-23-29-37-45-53-67(4)5/h66-72,77H,9-65H2,1-8H3,(H,82,83)(H,84,85)/t69?,70-,71-,72-/m1/s1. The van der Waals surface area contributed by atoms with Crippen LogP contribution in [-0.2, 0) is 65.4 Å². The summed E-state index contributed by atoms with van der Waals surface area (Å²) in [7, 11) is -9.91. The van der Waals surface area contributed by atoms with Gasteiger partial charge in [-0.15, -0.1) is 0 Å². The van der Waals surface area contributed by atoms with Crippen LogP contribution in [0.3, 0.4) is 0 Å². The number of esters is 4. The van der Waals surface area contributed by atoms with Gasteiger partial charge in [0.2, 0.25) is 0 Å². The highest BCUT2D eigenvalue weighted by Gasteiger charge is 2.30. The van der Waals surface area contributed by atoms with E-state index in [4.69, 9.17) is 37.0 Å². The maximum absolute atomic E-state index is 13.1. The number of carbonyl (C=O) groups is 4. The highest BCUT2D eigenvalue weighted by Crippen LogP contribution is 2.45. The van der Waals surface area contributed by atoms with Gasteiger partial charge < -0.3 is 33.8 Å². The Balaban J connectivity index is 5.25. The second kappa shape index (κ2) is 65.4. The third-order valence-electron chi connectivity index (χ3n) is 17.9. The molecule has 0 aliphatic carbocycles. The number of aliphatic hydroxyl groups is 1. The minimum Gasteiger partial charge on any atom is -0.462 e. The molecule has 3 unspecified atom stereocenters. The Hall–Kier alpha value is -1.94. The zero-order valence-corrected chi connectivity index (χ0v) is 64.1. The van der Waals surface area contributed by atoms with Gasteiger partial charge in [0.15, 0.2) is 12.2 Å². The Morgan fingerprint density at radius 1 is 0.295 bits per heavy atom. The van der Waals surface area contributed by atoms with Crippen molar-refractivity contribution in [3.8, 4) is 0 Å². The van der Waals surface area contributed by atoms with E-state index in [1.807, 2.05) is 0 Å². The van der Waals surface area contributed by atoms with Gasteiger partial charge >= 0.3 is 39.5 Å². The third kappa shape index (κ3) is 69.0. The molecule has 0 saturated heterocycles. The first-order valence-corrected chi connectivity index (χ1v) is 42.2. The topological polar surface area (TPSA) is 237 Å². The van der Waals surface area contributed by atoms with E-state index >= 15 is 0 Å². The maximum atomic E-state index is 13.1. The van der Waals surface area contributed by atoms with Gasteiger partial charge in [-0.25, -0.2) is 9.13 Å². The van der Waals surface area contributed by atoms with Gasteiger partial charge in [-0.05, 0) is 49.4 Å². The highest BCUT2D eigenvalue weighted by molar-refractivity contribution is 7.47. The number of carbonyl (C=O) groups excluding carboxylic acids is 4. The predicted octanol–water partition coefficient (Wildman–Crippen LogP) is 22.0. The Morgan fingerprint density at radius 2 is 0.505 bits per heavy atom. The molecule has 0 bridgehead atoms. The predicted molar refractivity (Wildman–Crippen MR) is 386 cm³/mol. The first-order valence-electron chi connectivity index (χ1n) is 39.2. The molecule has 0 aromatic rings. The minimum absolute atomic E-state index is 0.106. The third-order valence-corrected chi connectivity index (χ3v) is 19.8. The van der Waals surface area contributed by atoms with Gasteiger partial charge in [0.25, 0.3) is 0 Å². The lowest BCUT2D eigenvalue weighted by molar-refractivity contribution is -0.161. The van der Waals surface area contributed by atoms with Gasteiger partial charge in [-0.1, -0.05) is 331 Å². The molecule has 0 aromatic carbocycles. The molecule has 95 heavy (non-hydrogen) atoms. The molecule has 0 aliphatic rings. The quantitative estimate of drug-likeness (QED) is 0.0222. The average Bonchev–Trinajstić information content (AvgIpc) is 1.96. The first kappa shape index (κ1) is 93.1. The number of aliphatic hydroxyl groups excluding tert-OH is 1. The molecule has 0 saturated carbocycles. The van der Waals surface area contributed by atoms with E-state index in [1.54, 1.807) is 0 Å². The molecule has 0 aromatic heterocycles. The Kier molecular flexibility index (Phi) is 64.0. The van der Waals surface area contributed by atoms with Crippen molar-refractivity contribution in [3.63, 3.8) is 0 Å². The Bertz CT molecular complexity index is 1870. The number of rotatable bonds is 73. The SMILES string of the molecule is CCC(C)CCCCCCCCC(=O)OC[C@H](COP(=O)(O)OC[C@H](O)COP(=O)(O)OC[C@@H](COC(=O)CCCCCCCCCCCC(C)C)OC(=O)CCCCCCCCCCCCCCCC(C)C)OC(=O)CCCCCCCCCCCCCCCCC(C)C. The minimum atomic E-state index is -4.96. The number of hydrogen-bond donors (Lipinski definition) is 3. The average molecular weight is 1400 g/mol. The van der Waals surface area contributed by atoms with Crippen LogP contribution in [0, 0.1) is 23.7 Å². The summed E-state index contributed by atoms with van der Waals surface area (Å²) in [4.78, 5) is 72.8. The van der Waals surface area contributed by atoms with Crippen LogP contribution in [0.4, 0.5) is 0 Å². The molecule has 17 nitrogen and oxygen atoms in total. The fourth-order valence-corrected chi connectivity index (χ4v) is 13.1. The summed E-state index contributed by atoms with van der Waals surface area (Å²) >= 11 is 0. The molecule has 0 spiro atoms. The molecule has 564 valence electrons. The van der Waals surface area contributed by atoms with Crippen LogP contribution < -0.4 is 0 Å². The zero-order valence-electron chi connectivity index (χ0n) is 62.3. The van der Waals surface area contributed by atoms with Gasteiger partial charge in [-0.2, -0.15) is 0 Å². The van der Waals surface area contributed by atoms with Gasteiger partial charge in [0, 0.05) is 25.7 Å². The number of phosphoric ester groups is 2. The molecule has 6 atom stereocenters. The Morgan fingerprint density at radius 3 is 0.747 bits per heavy atom. The van der Waals surface area contributed by atoms with Crippen molar-refractivity contribution in [2.45, 2.75) is 401 Å². The summed E-state index contributed by atoms with van der Waals surface area (Å²) in [5.74, 6) is 0.935. The van der Waals surface area contributed by atoms with E-state index in [-0.39, 0.29) is 25.7 Å². The van der Waals surface area contributed by atoms with E-state index < -0.39 is 97.5 Å². The van der Waals surface area contributed by atoms with Gasteiger partial charge in [0.1, 0.15) is 19.3 Å². The molecule has 0 rings (SSSR count). The lowest BCUT2D eigenvalue weighted by Crippen LogP contribution is -2.30. The largest absolute Gasteiger partial charge is 0.472 e. The van der Waals surface area contributed by atoms with E-state index in [2.05, 4.69) is 55.4 Å². The van der Waals surface area contributed by atoms with Crippen LogP contribution in [-0.4, -0.2) is 96.7 Å². The van der Waals surface area contributed by atoms with Gasteiger partial charge in [0.05, 0.1) is 26.4 Å². The zero-order chi connectivity index (χ0) is 70.3. The van der Waals surface area contributed by atoms with Crippen molar-refractivity contribution in [2.24, 2.45) is 23.7 Å². The summed E-state index contributed by atoms with van der Waals surface area (Å²) in [6, 6.07) is 0. The fraction of sp³-hybridized carbons (Fsp3) is 0.947. The second-order valence-corrected chi connectivity index (χ2v) is 32.0. The monoisotopic (exact) mass is 1400 g/mol. The molecule has 19 heteroatoms. The van der Waals surface area contributed by atoms with Crippen LogP contribution >= 0.6 is 15.6 Å². The maximum Gasteiger partial charge on any atom is 0.472 e. The van der Waals surface area contributed by atoms with Crippen molar-refractivity contribution >= 4 is 39.5 Å². The fourth-order valence-electron chi connectivity index (χ4n) is 11.5. The molecule has 0 radical (unpaired) electrons. The van der Waals surface area contributed by atoms with Crippen molar-refractivity contribution in [3.05, 3.63) is 0 Å². The Labute approximate surface area is 581 Å². The van der Waals surface area contributed by atoms with Crippen LogP contribution in [0.15, 0.2) is 0 Å². The van der Waals surface area contributed by atoms with Crippen molar-refractivity contribution in [1.82, 2.24) is 0 Å². The van der Waals surface area contributed by atoms with E-state index in [9.17, 15) is 43.2 Å². The van der Waals surface area contributed by atoms with Crippen molar-refractivity contribution in [1.29, 1.82) is 0 Å². The molecule has 0 amide bonds. The molecule has 3 N–H and O–H groups in total. The summed E-state index contributed by atoms with van der Waals surface area (Å²) < 4.78 is 68.5. The van der Waals surface area contributed by atoms with E-state index in [0.29, 0.717) is 25.7 Å². The second-order valence-electron chi connectivity index (χ2n) is 29.1. The molecular weight excluding hydrogens is 1250 g/mol. The summed E-state index contributed by atoms with van der Waals surface area (Å²) in [6.45, 7) is 14.2. The number of phosphoric acid groups is 2. The smallest absolute Gasteiger partial charge is 0.462 e.